The zero-order valence-corrected chi connectivity index (χ0v) is 18.3. The number of hydrogen-bond acceptors (Lipinski definition) is 5. The van der Waals surface area contributed by atoms with E-state index < -0.39 is 0 Å². The second kappa shape index (κ2) is 9.43. The lowest BCUT2D eigenvalue weighted by Gasteiger charge is -2.09. The van der Waals surface area contributed by atoms with E-state index in [-0.39, 0.29) is 18.3 Å². The van der Waals surface area contributed by atoms with Gasteiger partial charge in [0, 0.05) is 17.8 Å². The van der Waals surface area contributed by atoms with Gasteiger partial charge < -0.3 is 19.2 Å². The first-order valence-electron chi connectivity index (χ1n) is 10.3. The number of para-hydroxylation sites is 3. The topological polar surface area (TPSA) is 78.5 Å². The first-order valence-corrected chi connectivity index (χ1v) is 10.3. The Labute approximate surface area is 186 Å². The first kappa shape index (κ1) is 21.2. The summed E-state index contributed by atoms with van der Waals surface area (Å²) in [5, 5.41) is 7.54. The zero-order chi connectivity index (χ0) is 22.5. The molecule has 0 atom stereocenters. The van der Waals surface area contributed by atoms with Crippen molar-refractivity contribution in [1.29, 1.82) is 0 Å². The van der Waals surface area contributed by atoms with Crippen molar-refractivity contribution in [2.24, 2.45) is 0 Å². The highest BCUT2D eigenvalue weighted by Crippen LogP contribution is 2.27. The van der Waals surface area contributed by atoms with Gasteiger partial charge in [-0.1, -0.05) is 30.3 Å². The maximum Gasteiger partial charge on any atom is 0.287 e. The molecule has 0 aliphatic rings. The molecule has 7 nitrogen and oxygen atoms in total. The molecule has 2 heterocycles. The van der Waals surface area contributed by atoms with Crippen LogP contribution in [0.15, 0.2) is 71.1 Å². The number of ether oxygens (including phenoxy) is 2. The molecule has 0 bridgehead atoms. The number of amides is 1. The summed E-state index contributed by atoms with van der Waals surface area (Å²) in [5.74, 6) is 1.73. The third kappa shape index (κ3) is 4.51. The molecule has 2 aromatic heterocycles. The quantitative estimate of drug-likeness (QED) is 0.441. The van der Waals surface area contributed by atoms with E-state index in [0.29, 0.717) is 23.8 Å². The van der Waals surface area contributed by atoms with Crippen LogP contribution in [0.3, 0.4) is 0 Å². The summed E-state index contributed by atoms with van der Waals surface area (Å²) in [5.41, 5.74) is 3.82. The van der Waals surface area contributed by atoms with Crippen LogP contribution in [0.2, 0.25) is 0 Å². The number of hydrogen-bond donors (Lipinski definition) is 1. The summed E-state index contributed by atoms with van der Waals surface area (Å²) in [6.45, 7) is 4.48. The predicted octanol–water partition coefficient (Wildman–Crippen LogP) is 4.60. The minimum absolute atomic E-state index is 0.190. The molecule has 32 heavy (non-hydrogen) atoms. The fourth-order valence-corrected chi connectivity index (χ4v) is 3.47. The van der Waals surface area contributed by atoms with Gasteiger partial charge in [0.15, 0.2) is 17.3 Å². The van der Waals surface area contributed by atoms with Crippen molar-refractivity contribution < 1.29 is 18.7 Å². The van der Waals surface area contributed by atoms with Gasteiger partial charge in [0.25, 0.3) is 5.91 Å². The minimum atomic E-state index is -0.292. The lowest BCUT2D eigenvalue weighted by Crippen LogP contribution is -2.23. The van der Waals surface area contributed by atoms with E-state index in [1.165, 1.54) is 0 Å². The van der Waals surface area contributed by atoms with Gasteiger partial charge in [-0.2, -0.15) is 5.10 Å². The Bertz CT molecular complexity index is 1210. The van der Waals surface area contributed by atoms with Gasteiger partial charge in [-0.15, -0.1) is 0 Å². The molecule has 0 radical (unpaired) electrons. The Morgan fingerprint density at radius 3 is 2.47 bits per heavy atom. The van der Waals surface area contributed by atoms with Crippen molar-refractivity contribution in [3.05, 3.63) is 95.2 Å². The summed E-state index contributed by atoms with van der Waals surface area (Å²) in [4.78, 5) is 12.6. The van der Waals surface area contributed by atoms with E-state index in [1.807, 2.05) is 73.1 Å². The molecule has 4 rings (SSSR count). The summed E-state index contributed by atoms with van der Waals surface area (Å²) >= 11 is 0. The van der Waals surface area contributed by atoms with Gasteiger partial charge in [0.1, 0.15) is 12.4 Å². The second-order valence-corrected chi connectivity index (χ2v) is 7.28. The van der Waals surface area contributed by atoms with Gasteiger partial charge in [0.2, 0.25) is 0 Å². The number of nitrogens with zero attached hydrogens (tertiary/aromatic N) is 2. The molecule has 1 N–H and O–H groups in total. The van der Waals surface area contributed by atoms with E-state index in [4.69, 9.17) is 13.9 Å². The van der Waals surface area contributed by atoms with Crippen LogP contribution >= 0.6 is 0 Å². The fraction of sp³-hybridized carbons (Fsp3) is 0.200. The molecular weight excluding hydrogens is 406 g/mol. The van der Waals surface area contributed by atoms with E-state index >= 15 is 0 Å². The van der Waals surface area contributed by atoms with Crippen molar-refractivity contribution in [3.8, 4) is 17.2 Å². The highest BCUT2D eigenvalue weighted by Gasteiger charge is 2.16. The van der Waals surface area contributed by atoms with Crippen molar-refractivity contribution in [2.75, 3.05) is 7.11 Å². The number of rotatable bonds is 8. The molecule has 0 unspecified atom stereocenters. The lowest BCUT2D eigenvalue weighted by molar-refractivity contribution is 0.0919. The number of aromatic nitrogens is 2. The molecule has 0 fully saturated rings. The number of carbonyl (C=O) groups excluding carboxylic acids is 1. The molecule has 7 heteroatoms. The van der Waals surface area contributed by atoms with Crippen LogP contribution in [0.25, 0.3) is 5.69 Å². The zero-order valence-electron chi connectivity index (χ0n) is 18.3. The minimum Gasteiger partial charge on any atom is -0.493 e. The number of furan rings is 1. The molecular formula is C25H25N3O4. The Kier molecular flexibility index (Phi) is 6.26. The molecule has 2 aromatic carbocycles. The number of carbonyl (C=O) groups is 1. The lowest BCUT2D eigenvalue weighted by atomic mass is 10.2. The molecule has 0 spiro atoms. The highest BCUT2D eigenvalue weighted by atomic mass is 16.5. The molecule has 164 valence electrons. The van der Waals surface area contributed by atoms with E-state index in [1.54, 1.807) is 19.2 Å². The highest BCUT2D eigenvalue weighted by molar-refractivity contribution is 5.91. The van der Waals surface area contributed by atoms with Gasteiger partial charge in [-0.3, -0.25) is 4.79 Å². The monoisotopic (exact) mass is 431 g/mol. The van der Waals surface area contributed by atoms with Gasteiger partial charge in [-0.25, -0.2) is 4.68 Å². The molecule has 0 aliphatic heterocycles. The van der Waals surface area contributed by atoms with Gasteiger partial charge >= 0.3 is 0 Å². The third-order valence-corrected chi connectivity index (χ3v) is 5.19. The third-order valence-electron chi connectivity index (χ3n) is 5.19. The Morgan fingerprint density at radius 2 is 1.72 bits per heavy atom. The van der Waals surface area contributed by atoms with Crippen LogP contribution in [0.5, 0.6) is 11.5 Å². The van der Waals surface area contributed by atoms with E-state index in [9.17, 15) is 4.79 Å². The Morgan fingerprint density at radius 1 is 1.00 bits per heavy atom. The van der Waals surface area contributed by atoms with Crippen LogP contribution in [-0.2, 0) is 13.2 Å². The van der Waals surface area contributed by atoms with Crippen LogP contribution in [0, 0.1) is 13.8 Å². The number of benzene rings is 2. The van der Waals surface area contributed by atoms with E-state index in [0.717, 1.165) is 22.6 Å². The molecule has 0 aliphatic carbocycles. The second-order valence-electron chi connectivity index (χ2n) is 7.28. The van der Waals surface area contributed by atoms with Crippen molar-refractivity contribution in [2.45, 2.75) is 27.0 Å². The predicted molar refractivity (Wildman–Crippen MR) is 120 cm³/mol. The smallest absolute Gasteiger partial charge is 0.287 e. The molecule has 0 saturated carbocycles. The van der Waals surface area contributed by atoms with Crippen LogP contribution < -0.4 is 14.8 Å². The summed E-state index contributed by atoms with van der Waals surface area (Å²) in [6, 6.07) is 20.6. The normalized spacial score (nSPS) is 10.7. The summed E-state index contributed by atoms with van der Waals surface area (Å²) in [7, 11) is 1.59. The molecule has 4 aromatic rings. The Hall–Kier alpha value is -4.00. The largest absolute Gasteiger partial charge is 0.493 e. The van der Waals surface area contributed by atoms with Crippen LogP contribution in [0.1, 0.15) is 33.3 Å². The SMILES string of the molecule is COc1ccccc1OCc1ccc(C(=O)NCc2c(C)nn(-c3ccccc3)c2C)o1. The number of nitrogens with one attached hydrogen (secondary N) is 1. The average molecular weight is 431 g/mol. The Balaban J connectivity index is 1.38. The summed E-state index contributed by atoms with van der Waals surface area (Å²) in [6.07, 6.45) is 0. The van der Waals surface area contributed by atoms with Crippen molar-refractivity contribution in [3.63, 3.8) is 0 Å². The molecule has 0 saturated heterocycles. The maximum atomic E-state index is 12.6. The molecule has 1 amide bonds. The number of aryl methyl sites for hydroxylation is 1. The average Bonchev–Trinajstić information content (AvgIpc) is 3.41. The first-order chi connectivity index (χ1) is 15.6. The van der Waals surface area contributed by atoms with Gasteiger partial charge in [0.05, 0.1) is 18.5 Å². The van der Waals surface area contributed by atoms with Crippen LogP contribution in [-0.4, -0.2) is 22.8 Å². The van der Waals surface area contributed by atoms with E-state index in [2.05, 4.69) is 10.4 Å². The number of methoxy groups -OCH3 is 1. The summed E-state index contributed by atoms with van der Waals surface area (Å²) < 4.78 is 18.6. The van der Waals surface area contributed by atoms with Crippen LogP contribution in [0.4, 0.5) is 0 Å². The van der Waals surface area contributed by atoms with Gasteiger partial charge in [-0.05, 0) is 50.2 Å². The maximum absolute atomic E-state index is 12.6. The standard InChI is InChI=1S/C25H25N3O4/c1-17-21(18(2)28(27-17)19-9-5-4-6-10-19)15-26-25(29)24-14-13-20(32-24)16-31-23-12-8-7-11-22(23)30-3/h4-14H,15-16H2,1-3H3,(H,26,29). The van der Waals surface area contributed by atoms with Crippen molar-refractivity contribution in [1.82, 2.24) is 15.1 Å². The fourth-order valence-electron chi connectivity index (χ4n) is 3.47. The van der Waals surface area contributed by atoms with Crippen molar-refractivity contribution >= 4 is 5.91 Å².